The van der Waals surface area contributed by atoms with E-state index in [2.05, 4.69) is 22.4 Å². The molecule has 1 aromatic heterocycles. The third-order valence-corrected chi connectivity index (χ3v) is 5.40. The summed E-state index contributed by atoms with van der Waals surface area (Å²) in [4.78, 5) is 18.4. The van der Waals surface area contributed by atoms with Gasteiger partial charge in [-0.15, -0.1) is 0 Å². The molecule has 27 heavy (non-hydrogen) atoms. The van der Waals surface area contributed by atoms with Gasteiger partial charge in [0.25, 0.3) is 0 Å². The molecular formula is C21H21N3O2S. The Bertz CT molecular complexity index is 965. The topological polar surface area (TPSA) is 54.5 Å². The van der Waals surface area contributed by atoms with Gasteiger partial charge in [0.2, 0.25) is 5.06 Å². The highest BCUT2D eigenvalue weighted by Crippen LogP contribution is 2.41. The quantitative estimate of drug-likeness (QED) is 0.610. The van der Waals surface area contributed by atoms with Gasteiger partial charge in [-0.25, -0.2) is 9.78 Å². The lowest BCUT2D eigenvalue weighted by molar-refractivity contribution is 0.258. The number of benzene rings is 2. The van der Waals surface area contributed by atoms with Gasteiger partial charge in [0.1, 0.15) is 5.75 Å². The number of ether oxygens (including phenoxy) is 1. The van der Waals surface area contributed by atoms with E-state index in [9.17, 15) is 4.79 Å². The maximum Gasteiger partial charge on any atom is 0.327 e. The second-order valence-electron chi connectivity index (χ2n) is 6.71. The van der Waals surface area contributed by atoms with Crippen LogP contribution in [0, 0.1) is 6.92 Å². The number of anilines is 2. The van der Waals surface area contributed by atoms with Gasteiger partial charge in [-0.2, -0.15) is 0 Å². The van der Waals surface area contributed by atoms with Crippen LogP contribution in [0.4, 0.5) is 15.6 Å². The molecule has 0 bridgehead atoms. The normalized spacial score (nSPS) is 13.3. The number of nitrogens with zero attached hydrogens (tertiary/aromatic N) is 2. The lowest BCUT2D eigenvalue weighted by Crippen LogP contribution is -2.31. The van der Waals surface area contributed by atoms with Gasteiger partial charge < -0.3 is 4.74 Å². The van der Waals surface area contributed by atoms with Gasteiger partial charge in [0.15, 0.2) is 5.13 Å². The summed E-state index contributed by atoms with van der Waals surface area (Å²) in [5.41, 5.74) is 3.23. The van der Waals surface area contributed by atoms with Gasteiger partial charge in [-0.05, 0) is 55.0 Å². The average Bonchev–Trinajstić information content (AvgIpc) is 3.44. The minimum Gasteiger partial charge on any atom is -0.445 e. The zero-order chi connectivity index (χ0) is 18.8. The highest BCUT2D eigenvalue weighted by molar-refractivity contribution is 7.17. The lowest BCUT2D eigenvalue weighted by atomic mass is 10.1. The Hall–Kier alpha value is -2.86. The summed E-state index contributed by atoms with van der Waals surface area (Å²) in [6.45, 7) is 1.99. The van der Waals surface area contributed by atoms with E-state index in [4.69, 9.17) is 4.74 Å². The molecule has 2 amide bonds. The Morgan fingerprint density at radius 1 is 1.22 bits per heavy atom. The summed E-state index contributed by atoms with van der Waals surface area (Å²) < 4.78 is 5.86. The number of hydrogen-bond donors (Lipinski definition) is 1. The van der Waals surface area contributed by atoms with Crippen LogP contribution in [-0.4, -0.2) is 18.1 Å². The van der Waals surface area contributed by atoms with Crippen LogP contribution in [0.2, 0.25) is 0 Å². The number of carbonyl (C=O) groups is 1. The third-order valence-electron chi connectivity index (χ3n) is 4.61. The summed E-state index contributed by atoms with van der Waals surface area (Å²) >= 11 is 1.30. The van der Waals surface area contributed by atoms with Crippen LogP contribution in [0.25, 0.3) is 0 Å². The van der Waals surface area contributed by atoms with E-state index in [1.54, 1.807) is 18.1 Å². The largest absolute Gasteiger partial charge is 0.445 e. The van der Waals surface area contributed by atoms with E-state index in [0.29, 0.717) is 16.1 Å². The Morgan fingerprint density at radius 2 is 2.04 bits per heavy atom. The average molecular weight is 379 g/mol. The second-order valence-corrected chi connectivity index (χ2v) is 7.70. The van der Waals surface area contributed by atoms with Crippen molar-refractivity contribution in [2.75, 3.05) is 17.3 Å². The first kappa shape index (κ1) is 17.5. The van der Waals surface area contributed by atoms with Crippen LogP contribution >= 0.6 is 11.3 Å². The molecule has 138 valence electrons. The van der Waals surface area contributed by atoms with Crippen molar-refractivity contribution in [2.24, 2.45) is 0 Å². The second kappa shape index (κ2) is 7.40. The van der Waals surface area contributed by atoms with Crippen LogP contribution in [0.15, 0.2) is 54.7 Å². The molecule has 1 fully saturated rings. The highest BCUT2D eigenvalue weighted by atomic mass is 32.1. The molecule has 4 rings (SSSR count). The summed E-state index contributed by atoms with van der Waals surface area (Å²) in [5.74, 6) is 1.44. The molecule has 0 atom stereocenters. The first-order valence-corrected chi connectivity index (χ1v) is 9.76. The van der Waals surface area contributed by atoms with Gasteiger partial charge >= 0.3 is 6.03 Å². The maximum atomic E-state index is 12.6. The molecule has 1 N–H and O–H groups in total. The SMILES string of the molecule is Cc1ccccc1Oc1cnc(NC(=O)N(C)c2cccc(C3CC3)c2)s1. The molecule has 5 nitrogen and oxygen atoms in total. The number of urea groups is 1. The van der Waals surface area contributed by atoms with Crippen molar-refractivity contribution in [2.45, 2.75) is 25.7 Å². The number of amides is 2. The van der Waals surface area contributed by atoms with Crippen molar-refractivity contribution in [1.82, 2.24) is 4.98 Å². The van der Waals surface area contributed by atoms with E-state index in [1.807, 2.05) is 43.3 Å². The van der Waals surface area contributed by atoms with Gasteiger partial charge in [0.05, 0.1) is 6.20 Å². The fourth-order valence-corrected chi connectivity index (χ4v) is 3.51. The lowest BCUT2D eigenvalue weighted by Gasteiger charge is -2.18. The van der Waals surface area contributed by atoms with E-state index in [1.165, 1.54) is 29.7 Å². The molecule has 0 spiro atoms. The number of rotatable bonds is 5. The third kappa shape index (κ3) is 4.11. The molecule has 2 aromatic carbocycles. The Kier molecular flexibility index (Phi) is 4.81. The van der Waals surface area contributed by atoms with Crippen LogP contribution in [0.5, 0.6) is 10.8 Å². The minimum atomic E-state index is -0.222. The first-order valence-electron chi connectivity index (χ1n) is 8.94. The first-order chi connectivity index (χ1) is 13.1. The summed E-state index contributed by atoms with van der Waals surface area (Å²) in [5, 5.41) is 3.98. The molecule has 3 aromatic rings. The van der Waals surface area contributed by atoms with Crippen molar-refractivity contribution >= 4 is 28.2 Å². The number of thiazole rings is 1. The minimum absolute atomic E-state index is 0.222. The molecule has 0 unspecified atom stereocenters. The molecule has 1 heterocycles. The number of carbonyl (C=O) groups excluding carboxylic acids is 1. The van der Waals surface area contributed by atoms with Crippen LogP contribution in [-0.2, 0) is 0 Å². The number of aromatic nitrogens is 1. The van der Waals surface area contributed by atoms with Crippen LogP contribution < -0.4 is 15.0 Å². The molecule has 0 saturated heterocycles. The molecule has 0 aliphatic heterocycles. The fraction of sp³-hybridized carbons (Fsp3) is 0.238. The van der Waals surface area contributed by atoms with Crippen molar-refractivity contribution in [1.29, 1.82) is 0 Å². The van der Waals surface area contributed by atoms with Crippen LogP contribution in [0.1, 0.15) is 29.9 Å². The monoisotopic (exact) mass is 379 g/mol. The molecule has 1 aliphatic carbocycles. The number of nitrogens with one attached hydrogen (secondary N) is 1. The summed E-state index contributed by atoms with van der Waals surface area (Å²) in [7, 11) is 1.76. The van der Waals surface area contributed by atoms with E-state index >= 15 is 0 Å². The van der Waals surface area contributed by atoms with Crippen molar-refractivity contribution in [3.8, 4) is 10.8 Å². The number of hydrogen-bond acceptors (Lipinski definition) is 4. The van der Waals surface area contributed by atoms with Crippen molar-refractivity contribution in [3.63, 3.8) is 0 Å². The van der Waals surface area contributed by atoms with Crippen molar-refractivity contribution in [3.05, 3.63) is 65.9 Å². The Balaban J connectivity index is 1.41. The zero-order valence-electron chi connectivity index (χ0n) is 15.3. The zero-order valence-corrected chi connectivity index (χ0v) is 16.1. The summed E-state index contributed by atoms with van der Waals surface area (Å²) in [6, 6.07) is 15.7. The molecule has 1 aliphatic rings. The summed E-state index contributed by atoms with van der Waals surface area (Å²) in [6.07, 6.45) is 4.10. The van der Waals surface area contributed by atoms with Gasteiger partial charge in [0, 0.05) is 12.7 Å². The van der Waals surface area contributed by atoms with Crippen molar-refractivity contribution < 1.29 is 9.53 Å². The predicted octanol–water partition coefficient (Wildman–Crippen LogP) is 5.79. The maximum absolute atomic E-state index is 12.6. The predicted molar refractivity (Wildman–Crippen MR) is 109 cm³/mol. The van der Waals surface area contributed by atoms with Gasteiger partial charge in [-0.1, -0.05) is 41.7 Å². The molecule has 0 radical (unpaired) electrons. The van der Waals surface area contributed by atoms with E-state index in [0.717, 1.165) is 17.0 Å². The highest BCUT2D eigenvalue weighted by Gasteiger charge is 2.24. The van der Waals surface area contributed by atoms with E-state index in [-0.39, 0.29) is 6.03 Å². The smallest absolute Gasteiger partial charge is 0.327 e. The van der Waals surface area contributed by atoms with Crippen LogP contribution in [0.3, 0.4) is 0 Å². The standard InChI is InChI=1S/C21H21N3O2S/c1-14-6-3-4-9-18(14)26-19-13-22-20(27-19)23-21(25)24(2)17-8-5-7-16(12-17)15-10-11-15/h3-9,12-13,15H,10-11H2,1-2H3,(H,22,23,25). The fourth-order valence-electron chi connectivity index (χ4n) is 2.84. The Morgan fingerprint density at radius 3 is 2.81 bits per heavy atom. The Labute approximate surface area is 162 Å². The van der Waals surface area contributed by atoms with Gasteiger partial charge in [-0.3, -0.25) is 10.2 Å². The molecular weight excluding hydrogens is 358 g/mol. The number of para-hydroxylation sites is 1. The number of aryl methyl sites for hydroxylation is 1. The molecule has 6 heteroatoms. The van der Waals surface area contributed by atoms with E-state index < -0.39 is 0 Å². The molecule has 1 saturated carbocycles.